The van der Waals surface area contributed by atoms with Crippen molar-refractivity contribution in [3.05, 3.63) is 47.0 Å². The van der Waals surface area contributed by atoms with Gasteiger partial charge in [0, 0.05) is 19.2 Å². The fraction of sp³-hybridized carbons (Fsp3) is 0.500. The summed E-state index contributed by atoms with van der Waals surface area (Å²) >= 11 is 5.86. The first-order valence-electron chi connectivity index (χ1n) is 10.2. The molecule has 162 valence electrons. The van der Waals surface area contributed by atoms with Crippen LogP contribution in [0, 0.1) is 17.7 Å². The average molecular weight is 436 g/mol. The van der Waals surface area contributed by atoms with E-state index in [1.165, 1.54) is 13.2 Å². The van der Waals surface area contributed by atoms with Gasteiger partial charge >= 0.3 is 5.97 Å². The molecule has 8 heteroatoms. The quantitative estimate of drug-likeness (QED) is 0.576. The number of anilines is 1. The second-order valence-corrected chi connectivity index (χ2v) is 8.08. The van der Waals surface area contributed by atoms with Crippen LogP contribution in [-0.2, 0) is 16.0 Å². The van der Waals surface area contributed by atoms with Crippen molar-refractivity contribution in [1.29, 1.82) is 0 Å². The zero-order chi connectivity index (χ0) is 21.5. The van der Waals surface area contributed by atoms with E-state index in [0.717, 1.165) is 38.3 Å². The van der Waals surface area contributed by atoms with E-state index in [-0.39, 0.29) is 6.42 Å². The van der Waals surface area contributed by atoms with Gasteiger partial charge < -0.3 is 14.4 Å². The Balaban J connectivity index is 1.42. The number of halogens is 2. The Bertz CT molecular complexity index is 842. The Morgan fingerprint density at radius 2 is 2.00 bits per heavy atom. The number of hydrogen-bond donors (Lipinski definition) is 0. The highest BCUT2D eigenvalue weighted by atomic mass is 35.5. The molecule has 1 saturated heterocycles. The Morgan fingerprint density at radius 3 is 2.63 bits per heavy atom. The first-order valence-corrected chi connectivity index (χ1v) is 10.5. The summed E-state index contributed by atoms with van der Waals surface area (Å²) in [6.07, 6.45) is 6.21. The molecule has 30 heavy (non-hydrogen) atoms. The molecular weight excluding hydrogens is 409 g/mol. The van der Waals surface area contributed by atoms with Gasteiger partial charge in [-0.15, -0.1) is 0 Å². The van der Waals surface area contributed by atoms with E-state index in [4.69, 9.17) is 16.3 Å². The molecule has 6 nitrogen and oxygen atoms in total. The SMILES string of the molecule is COC(=O)Cc1ccc(OCC[C@@H](C)C2CCN(c3ncc(Cl)cn3)CC2)cc1F. The summed E-state index contributed by atoms with van der Waals surface area (Å²) in [7, 11) is 1.29. The predicted molar refractivity (Wildman–Crippen MR) is 113 cm³/mol. The van der Waals surface area contributed by atoms with Gasteiger partial charge in [-0.1, -0.05) is 24.6 Å². The second kappa shape index (κ2) is 10.6. The Labute approximate surface area is 181 Å². The lowest BCUT2D eigenvalue weighted by molar-refractivity contribution is -0.139. The highest BCUT2D eigenvalue weighted by molar-refractivity contribution is 6.30. The van der Waals surface area contributed by atoms with Crippen molar-refractivity contribution >= 4 is 23.5 Å². The Hall–Kier alpha value is -2.41. The molecule has 1 fully saturated rings. The number of esters is 1. The van der Waals surface area contributed by atoms with E-state index in [1.54, 1.807) is 24.5 Å². The van der Waals surface area contributed by atoms with Crippen LogP contribution in [0.15, 0.2) is 30.6 Å². The van der Waals surface area contributed by atoms with Crippen molar-refractivity contribution in [2.75, 3.05) is 31.7 Å². The molecule has 1 atom stereocenters. The molecule has 0 aliphatic carbocycles. The highest BCUT2D eigenvalue weighted by Gasteiger charge is 2.25. The lowest BCUT2D eigenvalue weighted by atomic mass is 9.84. The van der Waals surface area contributed by atoms with Gasteiger partial charge in [0.25, 0.3) is 0 Å². The van der Waals surface area contributed by atoms with Crippen molar-refractivity contribution in [3.8, 4) is 5.75 Å². The van der Waals surface area contributed by atoms with Crippen LogP contribution in [0.1, 0.15) is 31.7 Å². The number of benzene rings is 1. The van der Waals surface area contributed by atoms with Crippen LogP contribution in [0.5, 0.6) is 5.75 Å². The number of ether oxygens (including phenoxy) is 2. The van der Waals surface area contributed by atoms with Gasteiger partial charge in [-0.2, -0.15) is 0 Å². The molecule has 1 aromatic carbocycles. The van der Waals surface area contributed by atoms with Crippen LogP contribution in [0.3, 0.4) is 0 Å². The number of carbonyl (C=O) groups is 1. The number of methoxy groups -OCH3 is 1. The zero-order valence-corrected chi connectivity index (χ0v) is 18.1. The lowest BCUT2D eigenvalue weighted by Gasteiger charge is -2.34. The summed E-state index contributed by atoms with van der Waals surface area (Å²) in [5.74, 6) is 1.39. The van der Waals surface area contributed by atoms with Crippen LogP contribution in [-0.4, -0.2) is 42.7 Å². The third-order valence-electron chi connectivity index (χ3n) is 5.66. The summed E-state index contributed by atoms with van der Waals surface area (Å²) in [5, 5.41) is 0.542. The topological polar surface area (TPSA) is 64.6 Å². The van der Waals surface area contributed by atoms with Gasteiger partial charge in [0.1, 0.15) is 11.6 Å². The van der Waals surface area contributed by atoms with Crippen LogP contribution in [0.2, 0.25) is 5.02 Å². The summed E-state index contributed by atoms with van der Waals surface area (Å²) in [6.45, 7) is 4.61. The van der Waals surface area contributed by atoms with Crippen molar-refractivity contribution in [2.24, 2.45) is 11.8 Å². The van der Waals surface area contributed by atoms with E-state index in [1.807, 2.05) is 0 Å². The Kier molecular flexibility index (Phi) is 7.85. The molecule has 0 N–H and O–H groups in total. The van der Waals surface area contributed by atoms with Crippen LogP contribution in [0.25, 0.3) is 0 Å². The molecule has 0 unspecified atom stereocenters. The molecule has 0 spiro atoms. The standard InChI is InChI=1S/C22H27ClFN3O3/c1-15(16-5-8-27(9-6-16)22-25-13-18(23)14-26-22)7-10-30-19-4-3-17(20(24)12-19)11-21(28)29-2/h3-4,12-16H,5-11H2,1-2H3/t15-/m1/s1. The van der Waals surface area contributed by atoms with Gasteiger partial charge in [-0.05, 0) is 42.7 Å². The molecule has 1 aliphatic rings. The van der Waals surface area contributed by atoms with E-state index in [2.05, 4.69) is 26.5 Å². The van der Waals surface area contributed by atoms with Crippen molar-refractivity contribution < 1.29 is 18.7 Å². The van der Waals surface area contributed by atoms with E-state index < -0.39 is 11.8 Å². The van der Waals surface area contributed by atoms with E-state index >= 15 is 0 Å². The number of rotatable bonds is 8. The summed E-state index contributed by atoms with van der Waals surface area (Å²) in [5.41, 5.74) is 0.305. The van der Waals surface area contributed by atoms with Gasteiger partial charge in [-0.25, -0.2) is 14.4 Å². The first-order chi connectivity index (χ1) is 14.5. The number of nitrogens with zero attached hydrogens (tertiary/aromatic N) is 3. The van der Waals surface area contributed by atoms with Gasteiger partial charge in [0.15, 0.2) is 0 Å². The van der Waals surface area contributed by atoms with E-state index in [0.29, 0.717) is 34.8 Å². The number of piperidine rings is 1. The third kappa shape index (κ3) is 6.05. The van der Waals surface area contributed by atoms with Gasteiger partial charge in [-0.3, -0.25) is 4.79 Å². The van der Waals surface area contributed by atoms with Crippen molar-refractivity contribution in [2.45, 2.75) is 32.6 Å². The maximum atomic E-state index is 14.1. The largest absolute Gasteiger partial charge is 0.493 e. The molecule has 0 amide bonds. The maximum Gasteiger partial charge on any atom is 0.310 e. The molecule has 0 bridgehead atoms. The molecule has 0 radical (unpaired) electrons. The molecule has 2 heterocycles. The first kappa shape index (κ1) is 22.3. The number of aromatic nitrogens is 2. The minimum Gasteiger partial charge on any atom is -0.493 e. The van der Waals surface area contributed by atoms with Crippen LogP contribution in [0.4, 0.5) is 10.3 Å². The lowest BCUT2D eigenvalue weighted by Crippen LogP contribution is -2.36. The minimum atomic E-state index is -0.468. The third-order valence-corrected chi connectivity index (χ3v) is 5.86. The molecular formula is C22H27ClFN3O3. The van der Waals surface area contributed by atoms with Crippen molar-refractivity contribution in [1.82, 2.24) is 9.97 Å². The minimum absolute atomic E-state index is 0.0839. The normalized spacial score (nSPS) is 15.7. The van der Waals surface area contributed by atoms with Gasteiger partial charge in [0.05, 0.1) is 37.6 Å². The molecule has 1 aromatic heterocycles. The average Bonchev–Trinajstić information content (AvgIpc) is 2.76. The van der Waals surface area contributed by atoms with Crippen LogP contribution < -0.4 is 9.64 Å². The predicted octanol–water partition coefficient (Wildman–Crippen LogP) is 4.31. The van der Waals surface area contributed by atoms with Gasteiger partial charge in [0.2, 0.25) is 5.95 Å². The zero-order valence-electron chi connectivity index (χ0n) is 17.3. The monoisotopic (exact) mass is 435 g/mol. The summed E-state index contributed by atoms with van der Waals surface area (Å²) < 4.78 is 24.4. The number of carbonyl (C=O) groups excluding carboxylic acids is 1. The number of hydrogen-bond acceptors (Lipinski definition) is 6. The molecule has 3 rings (SSSR count). The summed E-state index contributed by atoms with van der Waals surface area (Å²) in [6, 6.07) is 4.59. The fourth-order valence-electron chi connectivity index (χ4n) is 3.72. The fourth-order valence-corrected chi connectivity index (χ4v) is 3.82. The highest BCUT2D eigenvalue weighted by Crippen LogP contribution is 2.29. The summed E-state index contributed by atoms with van der Waals surface area (Å²) in [4.78, 5) is 22.1. The molecule has 2 aromatic rings. The van der Waals surface area contributed by atoms with Crippen molar-refractivity contribution in [3.63, 3.8) is 0 Å². The van der Waals surface area contributed by atoms with E-state index in [9.17, 15) is 9.18 Å². The maximum absolute atomic E-state index is 14.1. The second-order valence-electron chi connectivity index (χ2n) is 7.65. The molecule has 0 saturated carbocycles. The Morgan fingerprint density at radius 1 is 1.30 bits per heavy atom. The molecule has 1 aliphatic heterocycles. The van der Waals surface area contributed by atoms with Crippen LogP contribution >= 0.6 is 11.6 Å². The smallest absolute Gasteiger partial charge is 0.310 e.